The highest BCUT2D eigenvalue weighted by Gasteiger charge is 2.36. The van der Waals surface area contributed by atoms with Crippen LogP contribution < -0.4 is 15.5 Å². The maximum atomic E-state index is 12.6. The van der Waals surface area contributed by atoms with Gasteiger partial charge in [0.05, 0.1) is 16.8 Å². The molecule has 0 radical (unpaired) electrons. The van der Waals surface area contributed by atoms with Crippen molar-refractivity contribution in [3.8, 4) is 0 Å². The molecule has 0 unspecified atom stereocenters. The molecule has 3 aromatic carbocycles. The van der Waals surface area contributed by atoms with Gasteiger partial charge in [0.25, 0.3) is 11.8 Å². The lowest BCUT2D eigenvalue weighted by Crippen LogP contribution is -2.29. The standard InChI is InChI=1S/C21H14ClN3O3/c22-13-8-10-14(11-9-13)23-21(28)24-15-4-3-5-16(12-15)25-19(26)17-6-1-2-7-18(17)20(25)27/h1-12H,(H2,23,24,28). The zero-order valence-electron chi connectivity index (χ0n) is 14.5. The van der Waals surface area contributed by atoms with Crippen LogP contribution in [0.15, 0.2) is 72.8 Å². The summed E-state index contributed by atoms with van der Waals surface area (Å²) in [6.45, 7) is 0. The summed E-state index contributed by atoms with van der Waals surface area (Å²) in [6.07, 6.45) is 0. The molecule has 1 aliphatic heterocycles. The number of urea groups is 1. The van der Waals surface area contributed by atoms with Crippen LogP contribution in [0.5, 0.6) is 0 Å². The molecular weight excluding hydrogens is 378 g/mol. The molecule has 138 valence electrons. The molecule has 28 heavy (non-hydrogen) atoms. The Hall–Kier alpha value is -3.64. The first-order valence-corrected chi connectivity index (χ1v) is 8.82. The van der Waals surface area contributed by atoms with Crippen molar-refractivity contribution in [1.82, 2.24) is 0 Å². The second kappa shape index (κ2) is 7.17. The third-order valence-electron chi connectivity index (χ3n) is 4.26. The Morgan fingerprint density at radius 3 is 2.00 bits per heavy atom. The van der Waals surface area contributed by atoms with Crippen LogP contribution in [0.1, 0.15) is 20.7 Å². The second-order valence-corrected chi connectivity index (χ2v) is 6.56. The van der Waals surface area contributed by atoms with Crippen LogP contribution >= 0.6 is 11.6 Å². The lowest BCUT2D eigenvalue weighted by molar-refractivity contribution is 0.0926. The number of halogens is 1. The molecule has 1 heterocycles. The summed E-state index contributed by atoms with van der Waals surface area (Å²) >= 11 is 5.83. The smallest absolute Gasteiger partial charge is 0.308 e. The Balaban J connectivity index is 1.52. The molecule has 0 saturated carbocycles. The number of hydrogen-bond acceptors (Lipinski definition) is 3. The van der Waals surface area contributed by atoms with Gasteiger partial charge < -0.3 is 10.6 Å². The van der Waals surface area contributed by atoms with Crippen molar-refractivity contribution in [3.05, 3.63) is 88.9 Å². The van der Waals surface area contributed by atoms with E-state index in [0.29, 0.717) is 33.2 Å². The first-order chi connectivity index (χ1) is 13.5. The summed E-state index contributed by atoms with van der Waals surface area (Å²) in [5.74, 6) is -0.772. The van der Waals surface area contributed by atoms with E-state index in [1.807, 2.05) is 0 Å². The minimum absolute atomic E-state index is 0.367. The lowest BCUT2D eigenvalue weighted by Gasteiger charge is -2.15. The van der Waals surface area contributed by atoms with Crippen molar-refractivity contribution < 1.29 is 14.4 Å². The second-order valence-electron chi connectivity index (χ2n) is 6.13. The van der Waals surface area contributed by atoms with E-state index in [1.54, 1.807) is 72.8 Å². The number of carbonyl (C=O) groups is 3. The van der Waals surface area contributed by atoms with Crippen molar-refractivity contribution in [3.63, 3.8) is 0 Å². The van der Waals surface area contributed by atoms with Crippen LogP contribution in [0.25, 0.3) is 0 Å². The molecule has 0 bridgehead atoms. The van der Waals surface area contributed by atoms with E-state index >= 15 is 0 Å². The molecular formula is C21H14ClN3O3. The molecule has 1 aliphatic rings. The molecule has 4 amide bonds. The van der Waals surface area contributed by atoms with Gasteiger partial charge in [-0.2, -0.15) is 0 Å². The number of amides is 4. The highest BCUT2D eigenvalue weighted by molar-refractivity contribution is 6.34. The summed E-state index contributed by atoms with van der Waals surface area (Å²) in [5, 5.41) is 5.94. The molecule has 0 fully saturated rings. The molecule has 3 aromatic rings. The largest absolute Gasteiger partial charge is 0.323 e. The molecule has 2 N–H and O–H groups in total. The third-order valence-corrected chi connectivity index (χ3v) is 4.51. The summed E-state index contributed by atoms with van der Waals surface area (Å²) < 4.78 is 0. The summed E-state index contributed by atoms with van der Waals surface area (Å²) in [4.78, 5) is 38.5. The van der Waals surface area contributed by atoms with Gasteiger partial charge in [0, 0.05) is 16.4 Å². The Kier molecular flexibility index (Phi) is 4.55. The zero-order chi connectivity index (χ0) is 19.7. The maximum absolute atomic E-state index is 12.6. The van der Waals surface area contributed by atoms with Gasteiger partial charge in [0.15, 0.2) is 0 Å². The fourth-order valence-electron chi connectivity index (χ4n) is 2.97. The van der Waals surface area contributed by atoms with E-state index in [4.69, 9.17) is 11.6 Å². The van der Waals surface area contributed by atoms with Crippen LogP contribution in [0, 0.1) is 0 Å². The van der Waals surface area contributed by atoms with Crippen molar-refractivity contribution >= 4 is 46.5 Å². The van der Waals surface area contributed by atoms with Crippen molar-refractivity contribution in [2.45, 2.75) is 0 Å². The number of nitrogens with one attached hydrogen (secondary N) is 2. The van der Waals surface area contributed by atoms with Crippen LogP contribution in [-0.4, -0.2) is 17.8 Å². The summed E-state index contributed by atoms with van der Waals surface area (Å²) in [7, 11) is 0. The Morgan fingerprint density at radius 2 is 1.36 bits per heavy atom. The Bertz CT molecular complexity index is 1060. The van der Waals surface area contributed by atoms with Crippen LogP contribution in [-0.2, 0) is 0 Å². The van der Waals surface area contributed by atoms with E-state index in [-0.39, 0.29) is 11.8 Å². The van der Waals surface area contributed by atoms with E-state index in [0.717, 1.165) is 4.90 Å². The Morgan fingerprint density at radius 1 is 0.750 bits per heavy atom. The number of imide groups is 1. The fourth-order valence-corrected chi connectivity index (χ4v) is 3.10. The maximum Gasteiger partial charge on any atom is 0.323 e. The number of carbonyl (C=O) groups excluding carboxylic acids is 3. The fraction of sp³-hybridized carbons (Fsp3) is 0. The number of hydrogen-bond donors (Lipinski definition) is 2. The van der Waals surface area contributed by atoms with Gasteiger partial charge in [-0.1, -0.05) is 29.8 Å². The molecule has 0 aromatic heterocycles. The van der Waals surface area contributed by atoms with Crippen molar-refractivity contribution in [2.24, 2.45) is 0 Å². The normalized spacial score (nSPS) is 12.7. The molecule has 4 rings (SSSR count). The van der Waals surface area contributed by atoms with Gasteiger partial charge >= 0.3 is 6.03 Å². The number of nitrogens with zero attached hydrogens (tertiary/aromatic N) is 1. The third kappa shape index (κ3) is 3.33. The molecule has 0 spiro atoms. The predicted octanol–water partition coefficient (Wildman–Crippen LogP) is 4.78. The average Bonchev–Trinajstić information content (AvgIpc) is 2.95. The zero-order valence-corrected chi connectivity index (χ0v) is 15.2. The number of rotatable bonds is 3. The Labute approximate surface area is 165 Å². The first-order valence-electron chi connectivity index (χ1n) is 8.44. The summed E-state index contributed by atoms with van der Waals surface area (Å²) in [6, 6.07) is 19.5. The van der Waals surface area contributed by atoms with E-state index in [1.165, 1.54) is 0 Å². The van der Waals surface area contributed by atoms with Crippen LogP contribution in [0.2, 0.25) is 5.02 Å². The predicted molar refractivity (Wildman–Crippen MR) is 108 cm³/mol. The number of fused-ring (bicyclic) bond motifs is 1. The minimum Gasteiger partial charge on any atom is -0.308 e. The quantitative estimate of drug-likeness (QED) is 0.630. The minimum atomic E-state index is -0.457. The van der Waals surface area contributed by atoms with Gasteiger partial charge in [-0.25, -0.2) is 9.69 Å². The van der Waals surface area contributed by atoms with Gasteiger partial charge in [0.2, 0.25) is 0 Å². The number of benzene rings is 3. The summed E-state index contributed by atoms with van der Waals surface area (Å²) in [5.41, 5.74) is 2.15. The van der Waals surface area contributed by atoms with Crippen LogP contribution in [0.3, 0.4) is 0 Å². The highest BCUT2D eigenvalue weighted by Crippen LogP contribution is 2.29. The molecule has 0 atom stereocenters. The monoisotopic (exact) mass is 391 g/mol. The molecule has 6 nitrogen and oxygen atoms in total. The number of anilines is 3. The first kappa shape index (κ1) is 17.8. The van der Waals surface area contributed by atoms with E-state index in [9.17, 15) is 14.4 Å². The van der Waals surface area contributed by atoms with Crippen LogP contribution in [0.4, 0.5) is 21.9 Å². The highest BCUT2D eigenvalue weighted by atomic mass is 35.5. The SMILES string of the molecule is O=C(Nc1ccc(Cl)cc1)Nc1cccc(N2C(=O)c3ccccc3C2=O)c1. The molecule has 7 heteroatoms. The lowest BCUT2D eigenvalue weighted by atomic mass is 10.1. The van der Waals surface area contributed by atoms with E-state index < -0.39 is 6.03 Å². The van der Waals surface area contributed by atoms with E-state index in [2.05, 4.69) is 10.6 Å². The van der Waals surface area contributed by atoms with Gasteiger partial charge in [0.1, 0.15) is 0 Å². The van der Waals surface area contributed by atoms with Crippen molar-refractivity contribution in [1.29, 1.82) is 0 Å². The van der Waals surface area contributed by atoms with Gasteiger partial charge in [-0.05, 0) is 54.6 Å². The van der Waals surface area contributed by atoms with Gasteiger partial charge in [-0.3, -0.25) is 9.59 Å². The molecule has 0 saturated heterocycles. The average molecular weight is 392 g/mol. The topological polar surface area (TPSA) is 78.5 Å². The molecule has 0 aliphatic carbocycles. The van der Waals surface area contributed by atoms with Crippen molar-refractivity contribution in [2.75, 3.05) is 15.5 Å². The van der Waals surface area contributed by atoms with Gasteiger partial charge in [-0.15, -0.1) is 0 Å².